The number of benzene rings is 1. The third-order valence-corrected chi connectivity index (χ3v) is 2.46. The van der Waals surface area contributed by atoms with E-state index in [1.54, 1.807) is 24.3 Å². The molecule has 0 aliphatic heterocycles. The molecule has 0 bridgehead atoms. The number of carbonyl (C=O) groups excluding carboxylic acids is 1. The van der Waals surface area contributed by atoms with E-state index in [4.69, 9.17) is 20.7 Å². The molecule has 8 nitrogen and oxygen atoms in total. The molecule has 1 amide bonds. The number of carbonyl (C=O) groups is 1. The minimum absolute atomic E-state index is 0.203. The number of ether oxygens (including phenoxy) is 2. The van der Waals surface area contributed by atoms with Crippen molar-refractivity contribution >= 4 is 11.6 Å². The number of nitrogens with one attached hydrogen (secondary N) is 1. The van der Waals surface area contributed by atoms with Gasteiger partial charge in [-0.2, -0.15) is 0 Å². The van der Waals surface area contributed by atoms with Gasteiger partial charge in [-0.15, -0.1) is 0 Å². The van der Waals surface area contributed by atoms with Crippen LogP contribution in [0.15, 0.2) is 29.4 Å². The van der Waals surface area contributed by atoms with Crippen molar-refractivity contribution < 1.29 is 14.3 Å². The van der Waals surface area contributed by atoms with Crippen LogP contribution in [0.4, 0.5) is 5.69 Å². The van der Waals surface area contributed by atoms with Crippen LogP contribution in [0, 0.1) is 0 Å². The van der Waals surface area contributed by atoms with Crippen molar-refractivity contribution in [2.75, 3.05) is 39.5 Å². The summed E-state index contributed by atoms with van der Waals surface area (Å²) in [6.45, 7) is 2.80. The van der Waals surface area contributed by atoms with E-state index in [2.05, 4.69) is 15.3 Å². The van der Waals surface area contributed by atoms with E-state index in [0.29, 0.717) is 50.8 Å². The minimum atomic E-state index is -0.203. The summed E-state index contributed by atoms with van der Waals surface area (Å²) < 4.78 is 10.4. The number of rotatable bonds is 10. The summed E-state index contributed by atoms with van der Waals surface area (Å²) in [6, 6.07) is 6.36. The van der Waals surface area contributed by atoms with Crippen LogP contribution in [-0.4, -0.2) is 45.4 Å². The Bertz CT molecular complexity index is 471. The fourth-order valence-corrected chi connectivity index (χ4v) is 1.48. The molecule has 0 radical (unpaired) electrons. The van der Waals surface area contributed by atoms with E-state index in [0.717, 1.165) is 0 Å². The van der Waals surface area contributed by atoms with Crippen LogP contribution in [0.3, 0.4) is 0 Å². The van der Waals surface area contributed by atoms with Gasteiger partial charge in [0.2, 0.25) is 0 Å². The first kappa shape index (κ1) is 16.9. The van der Waals surface area contributed by atoms with Gasteiger partial charge in [-0.25, -0.2) is 0 Å². The topological polar surface area (TPSA) is 122 Å². The minimum Gasteiger partial charge on any atom is -0.378 e. The third-order valence-electron chi connectivity index (χ3n) is 2.46. The molecule has 0 heterocycles. The molecule has 1 rings (SSSR count). The predicted molar refractivity (Wildman–Crippen MR) is 78.3 cm³/mol. The quantitative estimate of drug-likeness (QED) is 0.292. The fourth-order valence-electron chi connectivity index (χ4n) is 1.48. The lowest BCUT2D eigenvalue weighted by Crippen LogP contribution is -2.27. The molecule has 1 aromatic carbocycles. The van der Waals surface area contributed by atoms with Crippen LogP contribution in [0.1, 0.15) is 10.4 Å². The standard InChI is InChI=1S/C13H19N5O3/c14-5-7-20-9-10-21-8-6-16-13(19)11-1-3-12(4-2-11)17-18-15/h1-4H,5-10,14H2,(H,16,19). The Kier molecular flexibility index (Phi) is 8.58. The van der Waals surface area contributed by atoms with Crippen molar-refractivity contribution in [1.29, 1.82) is 0 Å². The lowest BCUT2D eigenvalue weighted by molar-refractivity contribution is 0.0511. The van der Waals surface area contributed by atoms with Crippen LogP contribution < -0.4 is 11.1 Å². The van der Waals surface area contributed by atoms with Crippen molar-refractivity contribution in [2.45, 2.75) is 0 Å². The molecule has 0 spiro atoms. The number of nitrogens with two attached hydrogens (primary N) is 1. The van der Waals surface area contributed by atoms with Crippen molar-refractivity contribution in [2.24, 2.45) is 10.8 Å². The monoisotopic (exact) mass is 293 g/mol. The zero-order valence-corrected chi connectivity index (χ0v) is 11.7. The molecule has 0 aliphatic carbocycles. The van der Waals surface area contributed by atoms with Gasteiger partial charge in [-0.3, -0.25) is 4.79 Å². The number of nitrogens with zero attached hydrogens (tertiary/aromatic N) is 3. The molecule has 0 saturated heterocycles. The fraction of sp³-hybridized carbons (Fsp3) is 0.462. The van der Waals surface area contributed by atoms with E-state index in [9.17, 15) is 4.79 Å². The van der Waals surface area contributed by atoms with E-state index >= 15 is 0 Å². The Balaban J connectivity index is 2.17. The van der Waals surface area contributed by atoms with Crippen LogP contribution in [0.5, 0.6) is 0 Å². The number of amides is 1. The maximum Gasteiger partial charge on any atom is 0.251 e. The van der Waals surface area contributed by atoms with E-state index in [1.807, 2.05) is 0 Å². The normalized spacial score (nSPS) is 9.95. The van der Waals surface area contributed by atoms with Crippen molar-refractivity contribution in [1.82, 2.24) is 5.32 Å². The third kappa shape index (κ3) is 7.28. The van der Waals surface area contributed by atoms with Gasteiger partial charge in [0.25, 0.3) is 5.91 Å². The molecule has 0 fully saturated rings. The largest absolute Gasteiger partial charge is 0.378 e. The van der Waals surface area contributed by atoms with Gasteiger partial charge in [-0.1, -0.05) is 17.2 Å². The molecule has 0 saturated carbocycles. The first-order valence-corrected chi connectivity index (χ1v) is 6.57. The SMILES string of the molecule is [N-]=[N+]=Nc1ccc(C(=O)NCCOCCOCCN)cc1. The zero-order valence-electron chi connectivity index (χ0n) is 11.7. The number of azide groups is 1. The first-order valence-electron chi connectivity index (χ1n) is 6.57. The maximum absolute atomic E-state index is 11.8. The highest BCUT2D eigenvalue weighted by Crippen LogP contribution is 2.12. The summed E-state index contributed by atoms with van der Waals surface area (Å²) in [5, 5.41) is 6.16. The van der Waals surface area contributed by atoms with Gasteiger partial charge in [-0.05, 0) is 17.7 Å². The number of hydrogen-bond acceptors (Lipinski definition) is 5. The second-order valence-electron chi connectivity index (χ2n) is 4.01. The van der Waals surface area contributed by atoms with Crippen LogP contribution >= 0.6 is 0 Å². The summed E-state index contributed by atoms with van der Waals surface area (Å²) in [7, 11) is 0. The molecule has 114 valence electrons. The van der Waals surface area contributed by atoms with E-state index in [1.165, 1.54) is 0 Å². The predicted octanol–water partition coefficient (Wildman–Crippen LogP) is 1.35. The number of hydrogen-bond donors (Lipinski definition) is 2. The molecule has 3 N–H and O–H groups in total. The van der Waals surface area contributed by atoms with Gasteiger partial charge < -0.3 is 20.5 Å². The van der Waals surface area contributed by atoms with Gasteiger partial charge in [0.15, 0.2) is 0 Å². The second kappa shape index (κ2) is 10.6. The van der Waals surface area contributed by atoms with Gasteiger partial charge >= 0.3 is 0 Å². The summed E-state index contributed by atoms with van der Waals surface area (Å²) >= 11 is 0. The Morgan fingerprint density at radius 1 is 1.19 bits per heavy atom. The summed E-state index contributed by atoms with van der Waals surface area (Å²) in [4.78, 5) is 14.4. The van der Waals surface area contributed by atoms with Gasteiger partial charge in [0, 0.05) is 29.3 Å². The highest BCUT2D eigenvalue weighted by atomic mass is 16.5. The van der Waals surface area contributed by atoms with Gasteiger partial charge in [0.1, 0.15) is 0 Å². The van der Waals surface area contributed by atoms with E-state index < -0.39 is 0 Å². The van der Waals surface area contributed by atoms with Crippen LogP contribution in [-0.2, 0) is 9.47 Å². The van der Waals surface area contributed by atoms with Crippen LogP contribution in [0.25, 0.3) is 10.4 Å². The summed E-state index contributed by atoms with van der Waals surface area (Å²) in [5.74, 6) is -0.203. The molecule has 8 heteroatoms. The summed E-state index contributed by atoms with van der Waals surface area (Å²) in [6.07, 6.45) is 0. The molecule has 1 aromatic rings. The Morgan fingerprint density at radius 3 is 2.48 bits per heavy atom. The molecule has 21 heavy (non-hydrogen) atoms. The molecular weight excluding hydrogens is 274 g/mol. The first-order chi connectivity index (χ1) is 10.3. The molecule has 0 atom stereocenters. The van der Waals surface area contributed by atoms with Crippen molar-refractivity contribution in [3.8, 4) is 0 Å². The molecular formula is C13H19N5O3. The highest BCUT2D eigenvalue weighted by Gasteiger charge is 2.03. The van der Waals surface area contributed by atoms with Gasteiger partial charge in [0.05, 0.1) is 26.4 Å². The van der Waals surface area contributed by atoms with Crippen molar-refractivity contribution in [3.05, 3.63) is 40.3 Å². The Labute approximate surface area is 122 Å². The molecule has 0 aromatic heterocycles. The Morgan fingerprint density at radius 2 is 1.86 bits per heavy atom. The average molecular weight is 293 g/mol. The zero-order chi connectivity index (χ0) is 15.3. The molecule has 0 unspecified atom stereocenters. The second-order valence-corrected chi connectivity index (χ2v) is 4.01. The lowest BCUT2D eigenvalue weighted by Gasteiger charge is -2.07. The van der Waals surface area contributed by atoms with E-state index in [-0.39, 0.29) is 5.91 Å². The molecule has 0 aliphatic rings. The smallest absolute Gasteiger partial charge is 0.251 e. The van der Waals surface area contributed by atoms with Crippen LogP contribution in [0.2, 0.25) is 0 Å². The lowest BCUT2D eigenvalue weighted by atomic mass is 10.2. The summed E-state index contributed by atoms with van der Waals surface area (Å²) in [5.41, 5.74) is 14.5. The Hall–Kier alpha value is -2.12. The highest BCUT2D eigenvalue weighted by molar-refractivity contribution is 5.94. The van der Waals surface area contributed by atoms with Crippen molar-refractivity contribution in [3.63, 3.8) is 0 Å². The average Bonchev–Trinajstić information content (AvgIpc) is 2.51. The maximum atomic E-state index is 11.8.